The standard InChI is InChI=1S/C8H20S.BH3O2.K.H2O.H/c1-5-9(6-2,7-3)8-4;2-1-3;;;/h5-8H2,1-4H3;1-3H;;1H2;. The zero-order valence-electron chi connectivity index (χ0n) is 9.34. The molecule has 0 heterocycles. The van der Waals surface area contributed by atoms with Crippen molar-refractivity contribution in [2.45, 2.75) is 27.7 Å². The van der Waals surface area contributed by atoms with Gasteiger partial charge in [-0.25, -0.2) is 10.0 Å². The van der Waals surface area contributed by atoms with Crippen LogP contribution in [0.15, 0.2) is 0 Å². The van der Waals surface area contributed by atoms with Crippen molar-refractivity contribution in [3.8, 4) is 0 Å². The normalized spacial score (nSPS) is 9.86. The molecular formula is C8H26BKO3S. The summed E-state index contributed by atoms with van der Waals surface area (Å²) >= 11 is 0. The van der Waals surface area contributed by atoms with Gasteiger partial charge in [-0.3, -0.25) is 0 Å². The molecule has 0 radical (unpaired) electrons. The second-order valence-electron chi connectivity index (χ2n) is 2.52. The summed E-state index contributed by atoms with van der Waals surface area (Å²) in [6.07, 6.45) is 0. The van der Waals surface area contributed by atoms with Crippen LogP contribution in [0.2, 0.25) is 0 Å². The second kappa shape index (κ2) is 17.3. The van der Waals surface area contributed by atoms with Crippen molar-refractivity contribution in [2.75, 3.05) is 23.0 Å². The van der Waals surface area contributed by atoms with Gasteiger partial charge in [-0.1, -0.05) is 27.7 Å². The quantitative estimate of drug-likeness (QED) is 0.670. The van der Waals surface area contributed by atoms with E-state index in [1.807, 2.05) is 0 Å². The third-order valence-corrected chi connectivity index (χ3v) is 7.35. The van der Waals surface area contributed by atoms with Gasteiger partial charge in [0, 0.05) is 0 Å². The Kier molecular flexibility index (Phi) is 30.9. The molecule has 0 saturated carbocycles. The van der Waals surface area contributed by atoms with E-state index in [1.54, 1.807) is 0 Å². The summed E-state index contributed by atoms with van der Waals surface area (Å²) < 4.78 is 0. The Hall–Kier alpha value is 1.93. The van der Waals surface area contributed by atoms with Crippen LogP contribution in [0.25, 0.3) is 0 Å². The van der Waals surface area contributed by atoms with E-state index in [4.69, 9.17) is 10.0 Å². The third-order valence-electron chi connectivity index (χ3n) is 2.45. The average molecular weight is 252 g/mol. The predicted molar refractivity (Wildman–Crippen MR) is 72.1 cm³/mol. The molecule has 6 heteroatoms. The Balaban J connectivity index is -0.0000000891. The summed E-state index contributed by atoms with van der Waals surface area (Å²) in [5, 5.41) is 14.2. The fourth-order valence-electron chi connectivity index (χ4n) is 1.22. The molecule has 0 saturated heterocycles. The average Bonchev–Trinajstić information content (AvgIpc) is 2.11. The molecule has 0 aliphatic carbocycles. The Morgan fingerprint density at radius 1 is 0.857 bits per heavy atom. The van der Waals surface area contributed by atoms with Crippen LogP contribution >= 0.6 is 10.0 Å². The van der Waals surface area contributed by atoms with Gasteiger partial charge < -0.3 is 15.5 Å². The van der Waals surface area contributed by atoms with Crippen molar-refractivity contribution in [1.29, 1.82) is 0 Å². The summed E-state index contributed by atoms with van der Waals surface area (Å²) in [6.45, 7) is 9.36. The van der Waals surface area contributed by atoms with E-state index in [2.05, 4.69) is 27.7 Å². The molecule has 0 amide bonds. The van der Waals surface area contributed by atoms with E-state index < -0.39 is 7.69 Å². The first-order chi connectivity index (χ1) is 5.66. The van der Waals surface area contributed by atoms with Crippen LogP contribution in [0.1, 0.15) is 27.7 Å². The van der Waals surface area contributed by atoms with Gasteiger partial charge in [-0.15, -0.1) is 0 Å². The van der Waals surface area contributed by atoms with Gasteiger partial charge in [0.15, 0.2) is 0 Å². The van der Waals surface area contributed by atoms with Crippen molar-refractivity contribution >= 4 is 69.1 Å². The molecule has 0 aliphatic heterocycles. The fraction of sp³-hybridized carbons (Fsp3) is 1.00. The molecular weight excluding hydrogens is 226 g/mol. The Labute approximate surface area is 133 Å². The summed E-state index contributed by atoms with van der Waals surface area (Å²) in [5.74, 6) is 5.71. The van der Waals surface area contributed by atoms with E-state index in [9.17, 15) is 0 Å². The van der Waals surface area contributed by atoms with Crippen LogP contribution in [0.5, 0.6) is 0 Å². The molecule has 4 N–H and O–H groups in total. The van der Waals surface area contributed by atoms with Gasteiger partial charge in [0.2, 0.25) is 0 Å². The first-order valence-electron chi connectivity index (χ1n) is 4.62. The fourth-order valence-corrected chi connectivity index (χ4v) is 3.67. The van der Waals surface area contributed by atoms with Crippen molar-refractivity contribution in [1.82, 2.24) is 0 Å². The minimum atomic E-state index is -0.750. The molecule has 14 heavy (non-hydrogen) atoms. The first-order valence-corrected chi connectivity index (χ1v) is 6.92. The molecule has 0 rings (SSSR count). The Morgan fingerprint density at radius 3 is 1.00 bits per heavy atom. The van der Waals surface area contributed by atoms with Crippen LogP contribution in [0, 0.1) is 0 Å². The topological polar surface area (TPSA) is 72.0 Å². The van der Waals surface area contributed by atoms with E-state index in [0.717, 1.165) is 0 Å². The van der Waals surface area contributed by atoms with Crippen molar-refractivity contribution in [2.24, 2.45) is 0 Å². The van der Waals surface area contributed by atoms with E-state index in [0.29, 0.717) is 0 Å². The number of rotatable bonds is 4. The summed E-state index contributed by atoms with van der Waals surface area (Å²) in [7, 11) is -0.898. The minimum absolute atomic E-state index is 0. The molecule has 0 spiro atoms. The van der Waals surface area contributed by atoms with Gasteiger partial charge >= 0.3 is 59.1 Å². The maximum absolute atomic E-state index is 7.12. The first kappa shape index (κ1) is 25.0. The van der Waals surface area contributed by atoms with Crippen LogP contribution in [0.4, 0.5) is 0 Å². The van der Waals surface area contributed by atoms with Gasteiger partial charge in [0.25, 0.3) is 0 Å². The number of hydrogen-bond donors (Lipinski definition) is 2. The van der Waals surface area contributed by atoms with E-state index in [1.165, 1.54) is 23.0 Å². The predicted octanol–water partition coefficient (Wildman–Crippen LogP) is -0.365. The molecule has 0 unspecified atom stereocenters. The Bertz CT molecular complexity index is 77.1. The SMILES string of the molecule is CCS(CC)(CC)CC.O.OBO.[KH]. The van der Waals surface area contributed by atoms with Crippen LogP contribution in [-0.2, 0) is 0 Å². The molecule has 0 aromatic carbocycles. The van der Waals surface area contributed by atoms with Gasteiger partial charge in [-0.05, 0) is 23.0 Å². The zero-order chi connectivity index (χ0) is 10.0. The summed E-state index contributed by atoms with van der Waals surface area (Å²) in [6, 6.07) is 0. The molecule has 0 atom stereocenters. The second-order valence-corrected chi connectivity index (χ2v) is 7.28. The van der Waals surface area contributed by atoms with Crippen molar-refractivity contribution in [3.63, 3.8) is 0 Å². The van der Waals surface area contributed by atoms with Crippen molar-refractivity contribution in [3.05, 3.63) is 0 Å². The zero-order valence-corrected chi connectivity index (χ0v) is 10.2. The van der Waals surface area contributed by atoms with E-state index >= 15 is 0 Å². The van der Waals surface area contributed by atoms with Gasteiger partial charge in [-0.2, -0.15) is 0 Å². The number of hydrogen-bond acceptors (Lipinski definition) is 2. The molecule has 0 aliphatic rings. The van der Waals surface area contributed by atoms with Crippen LogP contribution in [0.3, 0.4) is 0 Å². The van der Waals surface area contributed by atoms with Crippen LogP contribution in [-0.4, -0.2) is 97.6 Å². The molecule has 0 aromatic rings. The molecule has 3 nitrogen and oxygen atoms in total. The third kappa shape index (κ3) is 12.0. The van der Waals surface area contributed by atoms with E-state index in [-0.39, 0.29) is 66.9 Å². The summed E-state index contributed by atoms with van der Waals surface area (Å²) in [5.41, 5.74) is 0. The maximum atomic E-state index is 7.12. The van der Waals surface area contributed by atoms with Gasteiger partial charge in [0.1, 0.15) is 0 Å². The molecule has 86 valence electrons. The van der Waals surface area contributed by atoms with Crippen molar-refractivity contribution < 1.29 is 15.5 Å². The molecule has 0 aromatic heterocycles. The Morgan fingerprint density at radius 2 is 1.00 bits per heavy atom. The molecule has 0 fully saturated rings. The van der Waals surface area contributed by atoms with Crippen LogP contribution < -0.4 is 0 Å². The monoisotopic (exact) mass is 252 g/mol. The van der Waals surface area contributed by atoms with Gasteiger partial charge in [0.05, 0.1) is 0 Å². The summed E-state index contributed by atoms with van der Waals surface area (Å²) in [4.78, 5) is 0. The molecule has 0 bridgehead atoms.